The molecule has 27 heavy (non-hydrogen) atoms. The van der Waals surface area contributed by atoms with Crippen molar-refractivity contribution in [2.45, 2.75) is 16.3 Å². The number of carbonyl (C=O) groups excluding carboxylic acids is 2. The highest BCUT2D eigenvalue weighted by molar-refractivity contribution is 8.01. The Labute approximate surface area is 167 Å². The van der Waals surface area contributed by atoms with Crippen LogP contribution in [0.3, 0.4) is 0 Å². The molecule has 0 aromatic carbocycles. The van der Waals surface area contributed by atoms with E-state index in [0.29, 0.717) is 22.2 Å². The second-order valence-corrected chi connectivity index (χ2v) is 7.94. The number of amides is 2. The Morgan fingerprint density at radius 3 is 2.85 bits per heavy atom. The molecule has 2 aliphatic rings. The van der Waals surface area contributed by atoms with Crippen molar-refractivity contribution in [3.05, 3.63) is 11.3 Å². The fourth-order valence-electron chi connectivity index (χ4n) is 2.80. The highest BCUT2D eigenvalue weighted by atomic mass is 32.2. The number of hydrogen-bond donors (Lipinski definition) is 3. The summed E-state index contributed by atoms with van der Waals surface area (Å²) in [5, 5.41) is 23.1. The van der Waals surface area contributed by atoms with Gasteiger partial charge in [-0.1, -0.05) is 11.8 Å². The van der Waals surface area contributed by atoms with E-state index in [1.54, 1.807) is 7.05 Å². The van der Waals surface area contributed by atoms with Gasteiger partial charge in [0, 0.05) is 25.7 Å². The Kier molecular flexibility index (Phi) is 5.69. The fourth-order valence-corrected chi connectivity index (χ4v) is 5.30. The number of β-lactam (4-membered cyclic amide) rings is 1. The van der Waals surface area contributed by atoms with E-state index >= 15 is 0 Å². The number of aryl methyl sites for hydroxylation is 1. The molecule has 2 aliphatic heterocycles. The monoisotopic (exact) mass is 432 g/mol. The van der Waals surface area contributed by atoms with Gasteiger partial charge in [-0.2, -0.15) is 12.6 Å². The molecule has 2 atom stereocenters. The van der Waals surface area contributed by atoms with Crippen LogP contribution in [0, 0.1) is 0 Å². The van der Waals surface area contributed by atoms with Gasteiger partial charge in [-0.3, -0.25) is 14.5 Å². The minimum Gasteiger partial charge on any atom is -0.477 e. The molecule has 1 fully saturated rings. The maximum Gasteiger partial charge on any atom is 0.352 e. The summed E-state index contributed by atoms with van der Waals surface area (Å²) < 4.78 is 6.77. The lowest BCUT2D eigenvalue weighted by molar-refractivity contribution is -0.192. The fraction of sp³-hybridized carbons (Fsp3) is 0.538. The van der Waals surface area contributed by atoms with Crippen LogP contribution in [-0.2, 0) is 26.2 Å². The van der Waals surface area contributed by atoms with Crippen LogP contribution in [0.25, 0.3) is 0 Å². The molecular formula is C13H16N6O5S3. The molecular weight excluding hydrogens is 416 g/mol. The van der Waals surface area contributed by atoms with Gasteiger partial charge in [-0.15, -0.1) is 16.9 Å². The molecule has 0 unspecified atom stereocenters. The zero-order valence-electron chi connectivity index (χ0n) is 14.3. The molecule has 0 radical (unpaired) electrons. The minimum atomic E-state index is -1.59. The third-order valence-corrected chi connectivity index (χ3v) is 6.82. The highest BCUT2D eigenvalue weighted by Gasteiger charge is 2.66. The van der Waals surface area contributed by atoms with Gasteiger partial charge in [0.05, 0.1) is 5.75 Å². The number of carbonyl (C=O) groups is 3. The molecule has 2 amide bonds. The third kappa shape index (κ3) is 3.30. The lowest BCUT2D eigenvalue weighted by atomic mass is 9.98. The van der Waals surface area contributed by atoms with Crippen molar-refractivity contribution in [2.75, 3.05) is 24.4 Å². The Hall–Kier alpha value is -1.77. The summed E-state index contributed by atoms with van der Waals surface area (Å²) in [6.45, 7) is 0. The van der Waals surface area contributed by atoms with Gasteiger partial charge >= 0.3 is 5.97 Å². The number of carboxylic acids is 1. The molecule has 1 aromatic heterocycles. The molecule has 3 heterocycles. The smallest absolute Gasteiger partial charge is 0.352 e. The Morgan fingerprint density at radius 2 is 2.30 bits per heavy atom. The highest BCUT2D eigenvalue weighted by Crippen LogP contribution is 2.47. The lowest BCUT2D eigenvalue weighted by Gasteiger charge is -2.55. The molecule has 3 rings (SSSR count). The maximum absolute atomic E-state index is 12.8. The topological polar surface area (TPSA) is 140 Å². The molecule has 11 nitrogen and oxygen atoms in total. The van der Waals surface area contributed by atoms with E-state index in [1.165, 1.54) is 35.3 Å². The Morgan fingerprint density at radius 1 is 1.56 bits per heavy atom. The number of nitrogens with one attached hydrogen (secondary N) is 1. The number of fused-ring (bicyclic) bond motifs is 1. The minimum absolute atomic E-state index is 0.0980. The van der Waals surface area contributed by atoms with Crippen molar-refractivity contribution in [1.82, 2.24) is 30.4 Å². The first kappa shape index (κ1) is 20.0. The van der Waals surface area contributed by atoms with Crippen molar-refractivity contribution in [3.8, 4) is 0 Å². The van der Waals surface area contributed by atoms with Gasteiger partial charge in [0.15, 0.2) is 0 Å². The van der Waals surface area contributed by atoms with Crippen LogP contribution in [-0.4, -0.2) is 83.5 Å². The number of thiol groups is 1. The van der Waals surface area contributed by atoms with Gasteiger partial charge in [-0.05, 0) is 16.0 Å². The molecule has 1 saturated heterocycles. The normalized spacial score (nSPS) is 24.5. The predicted molar refractivity (Wildman–Crippen MR) is 99.0 cm³/mol. The number of rotatable bonds is 7. The Balaban J connectivity index is 1.86. The van der Waals surface area contributed by atoms with E-state index in [0.717, 1.165) is 4.90 Å². The van der Waals surface area contributed by atoms with E-state index in [-0.39, 0.29) is 11.4 Å². The summed E-state index contributed by atoms with van der Waals surface area (Å²) in [7, 11) is 2.97. The van der Waals surface area contributed by atoms with E-state index in [1.807, 2.05) is 0 Å². The molecule has 2 N–H and O–H groups in total. The summed E-state index contributed by atoms with van der Waals surface area (Å²) in [5.74, 6) is -1.78. The van der Waals surface area contributed by atoms with Crippen molar-refractivity contribution < 1.29 is 24.2 Å². The number of thioether (sulfide) groups is 2. The number of nitrogens with zero attached hydrogens (tertiary/aromatic N) is 5. The maximum atomic E-state index is 12.8. The molecule has 1 aromatic rings. The summed E-state index contributed by atoms with van der Waals surface area (Å²) >= 11 is 6.48. The van der Waals surface area contributed by atoms with Crippen molar-refractivity contribution >= 4 is 53.9 Å². The van der Waals surface area contributed by atoms with Crippen molar-refractivity contribution in [1.29, 1.82) is 0 Å². The van der Waals surface area contributed by atoms with Crippen LogP contribution in [0.5, 0.6) is 0 Å². The zero-order valence-corrected chi connectivity index (χ0v) is 16.8. The predicted octanol–water partition coefficient (Wildman–Crippen LogP) is -1.06. The number of carboxylic acid groups (broad SMARTS) is 1. The van der Waals surface area contributed by atoms with Crippen molar-refractivity contribution in [3.63, 3.8) is 0 Å². The van der Waals surface area contributed by atoms with E-state index in [2.05, 4.69) is 33.5 Å². The molecule has 0 saturated carbocycles. The summed E-state index contributed by atoms with van der Waals surface area (Å²) in [4.78, 5) is 37.5. The summed E-state index contributed by atoms with van der Waals surface area (Å²) in [6.07, 6.45) is 0. The number of tetrazole rings is 1. The molecule has 0 aliphatic carbocycles. The van der Waals surface area contributed by atoms with Crippen LogP contribution in [0.1, 0.15) is 0 Å². The average molecular weight is 433 g/mol. The van der Waals surface area contributed by atoms with Gasteiger partial charge in [0.25, 0.3) is 11.6 Å². The quantitative estimate of drug-likeness (QED) is 0.211. The number of ether oxygens (including phenoxy) is 1. The van der Waals surface area contributed by atoms with Gasteiger partial charge in [0.2, 0.25) is 11.1 Å². The van der Waals surface area contributed by atoms with Gasteiger partial charge in [0.1, 0.15) is 11.1 Å². The first-order chi connectivity index (χ1) is 12.9. The number of methoxy groups -OCH3 is 1. The van der Waals surface area contributed by atoms with E-state index < -0.39 is 28.9 Å². The molecule has 0 spiro atoms. The zero-order chi connectivity index (χ0) is 19.8. The first-order valence-electron chi connectivity index (χ1n) is 7.58. The first-order valence-corrected chi connectivity index (χ1v) is 10.2. The number of aliphatic carboxylic acids is 1. The summed E-state index contributed by atoms with van der Waals surface area (Å²) in [6, 6.07) is 0. The number of aromatic nitrogens is 4. The summed E-state index contributed by atoms with van der Waals surface area (Å²) in [5.41, 5.74) is -1.12. The standard InChI is InChI=1S/C13H16N6O5S3/c1-18-12(15-16-17-18)27-5-6-4-26-11-13(24-2,14-7(20)3-25)10(23)19(11)8(6)9(21)22/h11,25H,3-5H2,1-2H3,(H,14,20)(H,21,22)/t11-,13+/m1/s1. The largest absolute Gasteiger partial charge is 0.477 e. The van der Waals surface area contributed by atoms with Gasteiger partial charge < -0.3 is 15.2 Å². The van der Waals surface area contributed by atoms with E-state index in [9.17, 15) is 19.5 Å². The second-order valence-electron chi connectivity index (χ2n) is 5.62. The molecule has 0 bridgehead atoms. The van der Waals surface area contributed by atoms with E-state index in [4.69, 9.17) is 4.74 Å². The molecule has 146 valence electrons. The van der Waals surface area contributed by atoms with Crippen LogP contribution in [0.2, 0.25) is 0 Å². The SMILES string of the molecule is CO[C@@]1(NC(=O)CS)C(=O)N2C(C(=O)O)=C(CSc3nnnn3C)CS[C@@H]21. The van der Waals surface area contributed by atoms with Crippen LogP contribution < -0.4 is 5.32 Å². The molecule has 14 heteroatoms. The number of hydrogen-bond acceptors (Lipinski definition) is 10. The lowest BCUT2D eigenvalue weighted by Crippen LogP contribution is -2.80. The Bertz CT molecular complexity index is 829. The van der Waals surface area contributed by atoms with Crippen molar-refractivity contribution in [2.24, 2.45) is 7.05 Å². The van der Waals surface area contributed by atoms with Gasteiger partial charge in [-0.25, -0.2) is 9.48 Å². The van der Waals surface area contributed by atoms with Crippen LogP contribution in [0.4, 0.5) is 0 Å². The second kappa shape index (κ2) is 7.69. The van der Waals surface area contributed by atoms with Crippen LogP contribution >= 0.6 is 36.2 Å². The average Bonchev–Trinajstić information content (AvgIpc) is 3.07. The third-order valence-electron chi connectivity index (χ3n) is 4.06. The van der Waals surface area contributed by atoms with Crippen LogP contribution in [0.15, 0.2) is 16.4 Å².